The van der Waals surface area contributed by atoms with E-state index in [0.29, 0.717) is 5.57 Å². The third-order valence-corrected chi connectivity index (χ3v) is 7.13. The van der Waals surface area contributed by atoms with E-state index < -0.39 is 40.6 Å². The summed E-state index contributed by atoms with van der Waals surface area (Å²) in [6, 6.07) is 10.8. The lowest BCUT2D eigenvalue weighted by Crippen LogP contribution is -3.15. The first kappa shape index (κ1) is 20.1. The van der Waals surface area contributed by atoms with Crippen molar-refractivity contribution in [1.82, 2.24) is 0 Å². The number of alkyl halides is 3. The summed E-state index contributed by atoms with van der Waals surface area (Å²) in [5, 5.41) is 38.5. The van der Waals surface area contributed by atoms with E-state index in [1.165, 1.54) is 18.2 Å². The number of hydrogen-bond acceptors (Lipinski definition) is 4. The minimum Gasteiger partial charge on any atom is -0.329 e. The van der Waals surface area contributed by atoms with Gasteiger partial charge in [0, 0.05) is 24.7 Å². The number of benzene rings is 1. The molecule has 0 amide bonds. The number of nitrogens with zero attached hydrogens (tertiary/aromatic N) is 3. The molecule has 30 heavy (non-hydrogen) atoms. The van der Waals surface area contributed by atoms with Crippen LogP contribution in [0.5, 0.6) is 0 Å². The maximum absolute atomic E-state index is 13.9. The van der Waals surface area contributed by atoms with E-state index >= 15 is 0 Å². The zero-order valence-electron chi connectivity index (χ0n) is 16.2. The van der Waals surface area contributed by atoms with Gasteiger partial charge in [0.15, 0.2) is 5.41 Å². The lowest BCUT2D eigenvalue weighted by atomic mass is 9.52. The molecule has 3 aliphatic rings. The van der Waals surface area contributed by atoms with Gasteiger partial charge < -0.3 is 10.3 Å². The van der Waals surface area contributed by atoms with Crippen LogP contribution in [0.25, 0.3) is 0 Å². The van der Waals surface area contributed by atoms with Gasteiger partial charge in [0.1, 0.15) is 12.0 Å². The highest BCUT2D eigenvalue weighted by molar-refractivity contribution is 6.01. The van der Waals surface area contributed by atoms with Gasteiger partial charge >= 0.3 is 6.18 Å². The van der Waals surface area contributed by atoms with Crippen LogP contribution in [0.2, 0.25) is 0 Å². The highest BCUT2D eigenvalue weighted by Crippen LogP contribution is 2.56. The summed E-state index contributed by atoms with van der Waals surface area (Å²) in [4.78, 5) is 1.12. The Labute approximate surface area is 172 Å². The maximum atomic E-state index is 13.9. The van der Waals surface area contributed by atoms with Crippen molar-refractivity contribution in [1.29, 1.82) is 21.2 Å². The van der Waals surface area contributed by atoms with E-state index in [4.69, 9.17) is 5.41 Å². The summed E-state index contributed by atoms with van der Waals surface area (Å²) in [6.07, 6.45) is -1.21. The summed E-state index contributed by atoms with van der Waals surface area (Å²) in [6.45, 7) is 0. The van der Waals surface area contributed by atoms with Gasteiger partial charge in [0.2, 0.25) is 0 Å². The number of quaternary nitrogens is 1. The van der Waals surface area contributed by atoms with E-state index in [2.05, 4.69) is 6.07 Å². The van der Waals surface area contributed by atoms with E-state index in [1.54, 1.807) is 0 Å². The molecule has 4 rings (SSSR count). The van der Waals surface area contributed by atoms with Crippen LogP contribution in [0.4, 0.5) is 13.2 Å². The Hall–Kier alpha value is -3.15. The lowest BCUT2D eigenvalue weighted by molar-refractivity contribution is -0.916. The number of likely N-dealkylation sites (N-methyl/N-ethyl adjacent to an activating group) is 1. The van der Waals surface area contributed by atoms with E-state index in [0.717, 1.165) is 23.8 Å². The molecule has 2 N–H and O–H groups in total. The van der Waals surface area contributed by atoms with Crippen molar-refractivity contribution in [2.45, 2.75) is 37.0 Å². The molecule has 2 fully saturated rings. The Morgan fingerprint density at radius 3 is 2.40 bits per heavy atom. The molecule has 1 saturated heterocycles. The molecule has 0 radical (unpaired) electrons. The van der Waals surface area contributed by atoms with Crippen LogP contribution in [0.3, 0.4) is 0 Å². The third-order valence-electron chi connectivity index (χ3n) is 7.13. The van der Waals surface area contributed by atoms with Crippen molar-refractivity contribution < 1.29 is 18.1 Å². The van der Waals surface area contributed by atoms with Crippen LogP contribution in [0, 0.1) is 56.7 Å². The third kappa shape index (κ3) is 2.52. The average Bonchev–Trinajstić information content (AvgIpc) is 2.95. The van der Waals surface area contributed by atoms with Gasteiger partial charge in [0.25, 0.3) is 0 Å². The molecular formula is C22H19F3N5+. The number of hydrogen-bond donors (Lipinski definition) is 2. The second-order valence-corrected chi connectivity index (χ2v) is 8.30. The van der Waals surface area contributed by atoms with Crippen molar-refractivity contribution in [3.05, 3.63) is 47.0 Å². The predicted molar refractivity (Wildman–Crippen MR) is 99.9 cm³/mol. The largest absolute Gasteiger partial charge is 0.416 e. The van der Waals surface area contributed by atoms with Gasteiger partial charge in [0.05, 0.1) is 42.6 Å². The maximum Gasteiger partial charge on any atom is 0.416 e. The van der Waals surface area contributed by atoms with Crippen LogP contribution < -0.4 is 4.90 Å². The molecule has 0 spiro atoms. The van der Waals surface area contributed by atoms with Gasteiger partial charge in [-0.05, 0) is 23.3 Å². The Morgan fingerprint density at radius 1 is 1.13 bits per heavy atom. The highest BCUT2D eigenvalue weighted by Gasteiger charge is 2.63. The number of nitriles is 3. The van der Waals surface area contributed by atoms with Crippen molar-refractivity contribution in [3.63, 3.8) is 0 Å². The molecule has 2 unspecified atom stereocenters. The van der Waals surface area contributed by atoms with E-state index in [9.17, 15) is 29.0 Å². The van der Waals surface area contributed by atoms with Crippen LogP contribution in [0.15, 0.2) is 35.9 Å². The first-order valence-electron chi connectivity index (χ1n) is 9.73. The van der Waals surface area contributed by atoms with Gasteiger partial charge in [-0.2, -0.15) is 29.0 Å². The first-order chi connectivity index (χ1) is 14.2. The van der Waals surface area contributed by atoms with E-state index in [-0.39, 0.29) is 17.6 Å². The van der Waals surface area contributed by atoms with Gasteiger partial charge in [-0.1, -0.05) is 18.2 Å². The second kappa shape index (κ2) is 6.69. The molecule has 2 aliphatic heterocycles. The zero-order valence-corrected chi connectivity index (χ0v) is 16.2. The number of nitrogens with one attached hydrogen (secondary N) is 2. The summed E-state index contributed by atoms with van der Waals surface area (Å²) in [5.74, 6) is -2.84. The molecule has 2 bridgehead atoms. The van der Waals surface area contributed by atoms with Crippen molar-refractivity contribution in [2.24, 2.45) is 17.3 Å². The Morgan fingerprint density at radius 2 is 1.80 bits per heavy atom. The van der Waals surface area contributed by atoms with Crippen LogP contribution in [-0.4, -0.2) is 24.8 Å². The van der Waals surface area contributed by atoms with Crippen LogP contribution in [-0.2, 0) is 6.18 Å². The van der Waals surface area contributed by atoms with E-state index in [1.807, 2.05) is 25.3 Å². The Kier molecular flexibility index (Phi) is 4.49. The van der Waals surface area contributed by atoms with Crippen molar-refractivity contribution >= 4 is 5.71 Å². The number of fused-ring (bicyclic) bond motifs is 4. The molecule has 1 saturated carbocycles. The quantitative estimate of drug-likeness (QED) is 0.696. The average molecular weight is 410 g/mol. The second-order valence-electron chi connectivity index (χ2n) is 8.30. The monoisotopic (exact) mass is 410 g/mol. The molecule has 1 aromatic rings. The highest BCUT2D eigenvalue weighted by atomic mass is 19.4. The summed E-state index contributed by atoms with van der Waals surface area (Å²) >= 11 is 0. The fourth-order valence-corrected chi connectivity index (χ4v) is 5.76. The molecule has 6 atom stereocenters. The topological polar surface area (TPSA) is 99.7 Å². The Bertz CT molecular complexity index is 1050. The fourth-order valence-electron chi connectivity index (χ4n) is 5.76. The standard InChI is InChI=1S/C22H18F3N5/c1-30-12-6-7-17(30)18-14(8-12)15(9-26)20(29)21(10-27,11-28)19(18)13-4-2-3-5-16(13)22(23,24)25/h2-5,8,12,15,17-19,29H,6-7H2,1H3/p+1/t12-,15?,17+,18-,19+/m1/s1. The SMILES string of the molecule is C[NH+]1[C@H]2C=C3C(C#N)C(=N)C(C#N)(C#N)[C@@H](c4ccccc4C(F)(F)F)[C@H]3[C@@H]1CC2. The molecule has 1 aromatic carbocycles. The number of rotatable bonds is 1. The molecule has 0 aromatic heterocycles. The summed E-state index contributed by atoms with van der Waals surface area (Å²) in [5.41, 5.74) is -3.00. The van der Waals surface area contributed by atoms with Gasteiger partial charge in [-0.25, -0.2) is 0 Å². The Balaban J connectivity index is 2.05. The smallest absolute Gasteiger partial charge is 0.329 e. The molecule has 152 valence electrons. The summed E-state index contributed by atoms with van der Waals surface area (Å²) < 4.78 is 41.7. The normalized spacial score (nSPS) is 34.2. The van der Waals surface area contributed by atoms with Crippen molar-refractivity contribution in [3.8, 4) is 18.2 Å². The molecule has 1 aliphatic carbocycles. The molecule has 2 heterocycles. The number of halogens is 3. The van der Waals surface area contributed by atoms with Crippen LogP contribution >= 0.6 is 0 Å². The zero-order chi connectivity index (χ0) is 21.8. The fraction of sp³-hybridized carbons (Fsp3) is 0.455. The minimum atomic E-state index is -4.67. The van der Waals surface area contributed by atoms with Crippen LogP contribution in [0.1, 0.15) is 29.9 Å². The lowest BCUT2D eigenvalue weighted by Gasteiger charge is -2.49. The molecule has 8 heteroatoms. The van der Waals surface area contributed by atoms with Gasteiger partial charge in [-0.3, -0.25) is 0 Å². The van der Waals surface area contributed by atoms with Crippen molar-refractivity contribution in [2.75, 3.05) is 7.05 Å². The molecular weight excluding hydrogens is 391 g/mol. The first-order valence-corrected chi connectivity index (χ1v) is 9.73. The summed E-state index contributed by atoms with van der Waals surface area (Å²) in [7, 11) is 1.96. The van der Waals surface area contributed by atoms with Gasteiger partial charge in [-0.15, -0.1) is 0 Å². The minimum absolute atomic E-state index is 0.119. The molecule has 5 nitrogen and oxygen atoms in total. The predicted octanol–water partition coefficient (Wildman–Crippen LogP) is 2.60.